The molecule has 0 saturated carbocycles. The fourth-order valence-electron chi connectivity index (χ4n) is 2.21. The Hall–Kier alpha value is -1.68. The Bertz CT molecular complexity index is 505. The molecule has 4 nitrogen and oxygen atoms in total. The summed E-state index contributed by atoms with van der Waals surface area (Å²) in [6.07, 6.45) is 3.61. The molecule has 0 radical (unpaired) electrons. The van der Waals surface area contributed by atoms with E-state index in [2.05, 4.69) is 59.5 Å². The van der Waals surface area contributed by atoms with Gasteiger partial charge >= 0.3 is 0 Å². The molecular formula is C15H22N4. The second-order valence-corrected chi connectivity index (χ2v) is 5.01. The zero-order valence-corrected chi connectivity index (χ0v) is 11.9. The quantitative estimate of drug-likeness (QED) is 0.837. The Morgan fingerprint density at radius 3 is 2.84 bits per heavy atom. The Balaban J connectivity index is 2.17. The zero-order valence-electron chi connectivity index (χ0n) is 11.9. The topological polar surface area (TPSA) is 53.6 Å². The second kappa shape index (κ2) is 6.48. The van der Waals surface area contributed by atoms with Crippen molar-refractivity contribution in [1.82, 2.24) is 20.5 Å². The van der Waals surface area contributed by atoms with Crippen molar-refractivity contribution in [1.29, 1.82) is 0 Å². The van der Waals surface area contributed by atoms with Crippen molar-refractivity contribution < 1.29 is 0 Å². The van der Waals surface area contributed by atoms with Gasteiger partial charge in [-0.25, -0.2) is 4.98 Å². The number of nitrogens with zero attached hydrogens (tertiary/aromatic N) is 2. The van der Waals surface area contributed by atoms with E-state index in [9.17, 15) is 0 Å². The Morgan fingerprint density at radius 1 is 1.32 bits per heavy atom. The highest BCUT2D eigenvalue weighted by molar-refractivity contribution is 5.31. The molecule has 0 amide bonds. The summed E-state index contributed by atoms with van der Waals surface area (Å²) in [6, 6.07) is 6.79. The molecule has 19 heavy (non-hydrogen) atoms. The first-order chi connectivity index (χ1) is 9.20. The summed E-state index contributed by atoms with van der Waals surface area (Å²) >= 11 is 0. The molecule has 0 fully saturated rings. The van der Waals surface area contributed by atoms with Crippen LogP contribution in [0.3, 0.4) is 0 Å². The van der Waals surface area contributed by atoms with Crippen molar-refractivity contribution in [3.63, 3.8) is 0 Å². The summed E-state index contributed by atoms with van der Waals surface area (Å²) in [5.74, 6) is 0.911. The van der Waals surface area contributed by atoms with Crippen LogP contribution < -0.4 is 5.32 Å². The molecule has 0 aliphatic heterocycles. The fraction of sp³-hybridized carbons (Fsp3) is 0.467. The van der Waals surface area contributed by atoms with Crippen LogP contribution in [0.2, 0.25) is 0 Å². The minimum absolute atomic E-state index is 0.197. The van der Waals surface area contributed by atoms with Crippen molar-refractivity contribution in [2.45, 2.75) is 39.7 Å². The third-order valence-electron chi connectivity index (χ3n) is 3.33. The largest absolute Gasteiger partial charge is 0.307 e. The van der Waals surface area contributed by atoms with Crippen LogP contribution in [0.15, 0.2) is 24.5 Å². The average Bonchev–Trinajstić information content (AvgIpc) is 2.92. The SMILES string of the molecule is CCCNC(Cc1cc(C)ccc1C)c1ncn[nH]1. The predicted octanol–water partition coefficient (Wildman–Crippen LogP) is 2.70. The van der Waals surface area contributed by atoms with Crippen molar-refractivity contribution >= 4 is 0 Å². The van der Waals surface area contributed by atoms with E-state index in [1.165, 1.54) is 16.7 Å². The van der Waals surface area contributed by atoms with Crippen LogP contribution in [0.25, 0.3) is 0 Å². The van der Waals surface area contributed by atoms with Crippen LogP contribution in [-0.2, 0) is 6.42 Å². The smallest absolute Gasteiger partial charge is 0.141 e. The van der Waals surface area contributed by atoms with Crippen molar-refractivity contribution in [3.05, 3.63) is 47.0 Å². The summed E-state index contributed by atoms with van der Waals surface area (Å²) in [4.78, 5) is 4.29. The minimum Gasteiger partial charge on any atom is -0.307 e. The van der Waals surface area contributed by atoms with Crippen LogP contribution >= 0.6 is 0 Å². The number of aromatic amines is 1. The van der Waals surface area contributed by atoms with Crippen LogP contribution in [-0.4, -0.2) is 21.7 Å². The number of hydrogen-bond donors (Lipinski definition) is 2. The highest BCUT2D eigenvalue weighted by Gasteiger charge is 2.15. The summed E-state index contributed by atoms with van der Waals surface area (Å²) in [6.45, 7) is 7.44. The van der Waals surface area contributed by atoms with E-state index in [1.807, 2.05) is 0 Å². The summed E-state index contributed by atoms with van der Waals surface area (Å²) in [5.41, 5.74) is 3.99. The average molecular weight is 258 g/mol. The van der Waals surface area contributed by atoms with Crippen LogP contribution in [0.4, 0.5) is 0 Å². The molecule has 1 heterocycles. The highest BCUT2D eigenvalue weighted by atomic mass is 15.2. The molecule has 1 aromatic heterocycles. The molecular weight excluding hydrogens is 236 g/mol. The maximum atomic E-state index is 4.29. The predicted molar refractivity (Wildman–Crippen MR) is 77.0 cm³/mol. The number of aromatic nitrogens is 3. The Labute approximate surface area is 114 Å². The highest BCUT2D eigenvalue weighted by Crippen LogP contribution is 2.19. The van der Waals surface area contributed by atoms with Gasteiger partial charge in [-0.2, -0.15) is 5.10 Å². The number of H-pyrrole nitrogens is 1. The molecule has 0 spiro atoms. The standard InChI is InChI=1S/C15H22N4/c1-4-7-16-14(15-17-10-18-19-15)9-13-8-11(2)5-6-12(13)3/h5-6,8,10,14,16H,4,7,9H2,1-3H3,(H,17,18,19). The normalized spacial score (nSPS) is 12.6. The first-order valence-corrected chi connectivity index (χ1v) is 6.85. The summed E-state index contributed by atoms with van der Waals surface area (Å²) < 4.78 is 0. The number of rotatable bonds is 6. The van der Waals surface area contributed by atoms with Gasteiger partial charge in [0.1, 0.15) is 12.2 Å². The molecule has 2 N–H and O–H groups in total. The second-order valence-electron chi connectivity index (χ2n) is 5.01. The lowest BCUT2D eigenvalue weighted by molar-refractivity contribution is 0.505. The van der Waals surface area contributed by atoms with E-state index in [1.54, 1.807) is 6.33 Å². The van der Waals surface area contributed by atoms with Gasteiger partial charge in [-0.05, 0) is 44.4 Å². The molecule has 2 aromatic rings. The number of hydrogen-bond acceptors (Lipinski definition) is 3. The molecule has 2 rings (SSSR count). The minimum atomic E-state index is 0.197. The third kappa shape index (κ3) is 3.64. The molecule has 0 bridgehead atoms. The van der Waals surface area contributed by atoms with Gasteiger partial charge < -0.3 is 5.32 Å². The number of nitrogens with one attached hydrogen (secondary N) is 2. The third-order valence-corrected chi connectivity index (χ3v) is 3.33. The van der Waals surface area contributed by atoms with Gasteiger partial charge in [-0.3, -0.25) is 5.10 Å². The fourth-order valence-corrected chi connectivity index (χ4v) is 2.21. The summed E-state index contributed by atoms with van der Waals surface area (Å²) in [7, 11) is 0. The number of aryl methyl sites for hydroxylation is 2. The molecule has 0 aliphatic rings. The first kappa shape index (κ1) is 13.7. The van der Waals surface area contributed by atoms with Gasteiger partial charge in [0.15, 0.2) is 0 Å². The van der Waals surface area contributed by atoms with Crippen LogP contribution in [0.1, 0.15) is 41.9 Å². The van der Waals surface area contributed by atoms with Crippen LogP contribution in [0, 0.1) is 13.8 Å². The van der Waals surface area contributed by atoms with Gasteiger partial charge in [-0.15, -0.1) is 0 Å². The Morgan fingerprint density at radius 2 is 2.16 bits per heavy atom. The van der Waals surface area contributed by atoms with Gasteiger partial charge in [0.2, 0.25) is 0 Å². The van der Waals surface area contributed by atoms with E-state index in [0.29, 0.717) is 0 Å². The van der Waals surface area contributed by atoms with E-state index in [-0.39, 0.29) is 6.04 Å². The molecule has 102 valence electrons. The van der Waals surface area contributed by atoms with Gasteiger partial charge in [0.25, 0.3) is 0 Å². The van der Waals surface area contributed by atoms with Gasteiger partial charge in [0, 0.05) is 0 Å². The maximum Gasteiger partial charge on any atom is 0.141 e. The lowest BCUT2D eigenvalue weighted by Gasteiger charge is -2.17. The van der Waals surface area contributed by atoms with Gasteiger partial charge in [-0.1, -0.05) is 30.7 Å². The van der Waals surface area contributed by atoms with E-state index in [0.717, 1.165) is 25.2 Å². The zero-order chi connectivity index (χ0) is 13.7. The lowest BCUT2D eigenvalue weighted by Crippen LogP contribution is -2.25. The van der Waals surface area contributed by atoms with Gasteiger partial charge in [0.05, 0.1) is 6.04 Å². The molecule has 1 aromatic carbocycles. The molecule has 1 atom stereocenters. The lowest BCUT2D eigenvalue weighted by atomic mass is 9.98. The molecule has 1 unspecified atom stereocenters. The molecule has 0 aliphatic carbocycles. The van der Waals surface area contributed by atoms with Crippen LogP contribution in [0.5, 0.6) is 0 Å². The monoisotopic (exact) mass is 258 g/mol. The first-order valence-electron chi connectivity index (χ1n) is 6.85. The Kier molecular flexibility index (Phi) is 4.68. The molecule has 0 saturated heterocycles. The van der Waals surface area contributed by atoms with Crippen molar-refractivity contribution in [3.8, 4) is 0 Å². The maximum absolute atomic E-state index is 4.29. The van der Waals surface area contributed by atoms with E-state index >= 15 is 0 Å². The van der Waals surface area contributed by atoms with Crippen molar-refractivity contribution in [2.75, 3.05) is 6.54 Å². The number of benzene rings is 1. The van der Waals surface area contributed by atoms with E-state index in [4.69, 9.17) is 0 Å². The molecule has 4 heteroatoms. The van der Waals surface area contributed by atoms with E-state index < -0.39 is 0 Å². The summed E-state index contributed by atoms with van der Waals surface area (Å²) in [5, 5.41) is 10.5. The van der Waals surface area contributed by atoms with Crippen molar-refractivity contribution in [2.24, 2.45) is 0 Å².